The van der Waals surface area contributed by atoms with Gasteiger partial charge < -0.3 is 30.6 Å². The van der Waals surface area contributed by atoms with Crippen molar-refractivity contribution in [3.63, 3.8) is 0 Å². The van der Waals surface area contributed by atoms with Crippen LogP contribution in [0.5, 0.6) is 0 Å². The predicted octanol–water partition coefficient (Wildman–Crippen LogP) is 1.55. The minimum atomic E-state index is -1.58. The van der Waals surface area contributed by atoms with E-state index in [2.05, 4.69) is 0 Å². The zero-order valence-electron chi connectivity index (χ0n) is 15.5. The first-order valence-corrected chi connectivity index (χ1v) is 7.55. The molecule has 0 saturated heterocycles. The van der Waals surface area contributed by atoms with Crippen molar-refractivity contribution >= 4 is 35.8 Å². The van der Waals surface area contributed by atoms with E-state index in [1.807, 2.05) is 0 Å². The van der Waals surface area contributed by atoms with Crippen LogP contribution in [0.25, 0.3) is 0 Å². The number of carbonyl (C=O) groups is 6. The quantitative estimate of drug-likeness (QED) is 0.256. The summed E-state index contributed by atoms with van der Waals surface area (Å²) in [6.45, 7) is 0. The Labute approximate surface area is 215 Å². The van der Waals surface area contributed by atoms with Gasteiger partial charge in [-0.25, -0.2) is 28.8 Å². The maximum Gasteiger partial charge on any atom is 0.337 e. The number of aromatic carboxylic acids is 6. The van der Waals surface area contributed by atoms with Crippen LogP contribution in [-0.4, -0.2) is 66.5 Å². The predicted molar refractivity (Wildman–Crippen MR) is 94.6 cm³/mol. The molecular formula is C18H12Cu3O12. The Kier molecular flexibility index (Phi) is 15.4. The molecule has 6 N–H and O–H groups in total. The van der Waals surface area contributed by atoms with Crippen LogP contribution >= 0.6 is 0 Å². The van der Waals surface area contributed by atoms with Gasteiger partial charge in [0.1, 0.15) is 0 Å². The number of benzene rings is 2. The van der Waals surface area contributed by atoms with Gasteiger partial charge >= 0.3 is 35.8 Å². The fraction of sp³-hybridized carbons (Fsp3) is 0. The zero-order valence-corrected chi connectivity index (χ0v) is 18.3. The van der Waals surface area contributed by atoms with Gasteiger partial charge in [-0.05, 0) is 24.3 Å². The maximum absolute atomic E-state index is 10.7. The summed E-state index contributed by atoms with van der Waals surface area (Å²) in [6.07, 6.45) is 0. The van der Waals surface area contributed by atoms with Crippen molar-refractivity contribution in [2.45, 2.75) is 0 Å². The minimum absolute atomic E-state index is 0. The van der Waals surface area contributed by atoms with Crippen molar-refractivity contribution < 1.29 is 111 Å². The Morgan fingerprint density at radius 2 is 0.576 bits per heavy atom. The molecule has 0 aromatic heterocycles. The molecule has 0 saturated carbocycles. The molecule has 0 bridgehead atoms. The SMILES string of the molecule is O=C(O)c1cccc(C(=O)O)c1C(=O)O.O=C(O)c1cccc(C(=O)O)c1C(=O)O.[Cu].[Cu].[Cu]. The first-order valence-electron chi connectivity index (χ1n) is 7.55. The molecule has 0 atom stereocenters. The van der Waals surface area contributed by atoms with E-state index < -0.39 is 69.2 Å². The van der Waals surface area contributed by atoms with Gasteiger partial charge in [-0.3, -0.25) is 0 Å². The normalized spacial score (nSPS) is 8.73. The molecule has 0 aliphatic carbocycles. The third-order valence-electron chi connectivity index (χ3n) is 3.48. The summed E-state index contributed by atoms with van der Waals surface area (Å²) in [5.74, 6) is -9.06. The molecule has 0 spiro atoms. The Morgan fingerprint density at radius 1 is 0.394 bits per heavy atom. The second-order valence-corrected chi connectivity index (χ2v) is 5.29. The number of hydrogen-bond acceptors (Lipinski definition) is 6. The molecular weight excluding hydrogens is 599 g/mol. The first-order chi connectivity index (χ1) is 13.9. The van der Waals surface area contributed by atoms with Gasteiger partial charge in [0.15, 0.2) is 0 Å². The summed E-state index contributed by atoms with van der Waals surface area (Å²) in [5.41, 5.74) is -3.58. The Balaban J connectivity index is -0.000000500. The van der Waals surface area contributed by atoms with E-state index in [-0.39, 0.29) is 51.2 Å². The molecule has 0 aliphatic rings. The van der Waals surface area contributed by atoms with Gasteiger partial charge in [0.2, 0.25) is 0 Å². The molecule has 2 rings (SSSR count). The van der Waals surface area contributed by atoms with Crippen LogP contribution in [0.4, 0.5) is 0 Å². The fourth-order valence-corrected chi connectivity index (χ4v) is 2.28. The van der Waals surface area contributed by atoms with Crippen molar-refractivity contribution in [2.75, 3.05) is 0 Å². The third-order valence-corrected chi connectivity index (χ3v) is 3.48. The topological polar surface area (TPSA) is 224 Å². The molecule has 189 valence electrons. The summed E-state index contributed by atoms with van der Waals surface area (Å²) >= 11 is 0. The van der Waals surface area contributed by atoms with Crippen LogP contribution in [0, 0.1) is 0 Å². The molecule has 0 aliphatic heterocycles. The average molecular weight is 611 g/mol. The average Bonchev–Trinajstić information content (AvgIpc) is 2.66. The monoisotopic (exact) mass is 609 g/mol. The molecule has 15 heteroatoms. The summed E-state index contributed by atoms with van der Waals surface area (Å²) < 4.78 is 0. The van der Waals surface area contributed by atoms with E-state index in [0.29, 0.717) is 0 Å². The molecule has 12 nitrogen and oxygen atoms in total. The van der Waals surface area contributed by atoms with Crippen molar-refractivity contribution in [1.82, 2.24) is 0 Å². The molecule has 3 radical (unpaired) electrons. The molecule has 0 unspecified atom stereocenters. The van der Waals surface area contributed by atoms with E-state index >= 15 is 0 Å². The number of hydrogen-bond donors (Lipinski definition) is 6. The number of carboxylic acids is 6. The number of carboxylic acid groups (broad SMARTS) is 6. The van der Waals surface area contributed by atoms with Crippen LogP contribution in [-0.2, 0) is 51.2 Å². The van der Waals surface area contributed by atoms with E-state index in [1.165, 1.54) is 12.1 Å². The van der Waals surface area contributed by atoms with Gasteiger partial charge in [-0.2, -0.15) is 0 Å². The molecule has 0 amide bonds. The molecule has 33 heavy (non-hydrogen) atoms. The van der Waals surface area contributed by atoms with Crippen molar-refractivity contribution in [2.24, 2.45) is 0 Å². The van der Waals surface area contributed by atoms with Crippen LogP contribution in [0.2, 0.25) is 0 Å². The molecule has 2 aromatic carbocycles. The molecule has 0 heterocycles. The van der Waals surface area contributed by atoms with E-state index in [9.17, 15) is 28.8 Å². The van der Waals surface area contributed by atoms with Gasteiger partial charge in [0.25, 0.3) is 0 Å². The van der Waals surface area contributed by atoms with E-state index in [0.717, 1.165) is 24.3 Å². The second kappa shape index (κ2) is 14.8. The van der Waals surface area contributed by atoms with Gasteiger partial charge in [0.05, 0.1) is 33.4 Å². The minimum Gasteiger partial charge on any atom is -0.478 e. The van der Waals surface area contributed by atoms with E-state index in [1.54, 1.807) is 0 Å². The maximum atomic E-state index is 10.7. The van der Waals surface area contributed by atoms with Crippen molar-refractivity contribution in [3.05, 3.63) is 69.8 Å². The molecule has 2 aromatic rings. The smallest absolute Gasteiger partial charge is 0.337 e. The van der Waals surface area contributed by atoms with Crippen molar-refractivity contribution in [1.29, 1.82) is 0 Å². The van der Waals surface area contributed by atoms with E-state index in [4.69, 9.17) is 30.6 Å². The first kappa shape index (κ1) is 34.4. The summed E-state index contributed by atoms with van der Waals surface area (Å²) in [7, 11) is 0. The second-order valence-electron chi connectivity index (χ2n) is 5.29. The third kappa shape index (κ3) is 8.70. The molecule has 0 fully saturated rings. The Morgan fingerprint density at radius 3 is 0.697 bits per heavy atom. The van der Waals surface area contributed by atoms with Crippen LogP contribution in [0.3, 0.4) is 0 Å². The Bertz CT molecular complexity index is 931. The summed E-state index contributed by atoms with van der Waals surface area (Å²) in [5, 5.41) is 52.1. The van der Waals surface area contributed by atoms with Gasteiger partial charge in [-0.15, -0.1) is 0 Å². The van der Waals surface area contributed by atoms with Crippen LogP contribution < -0.4 is 0 Å². The summed E-state index contributed by atoms with van der Waals surface area (Å²) in [4.78, 5) is 64.0. The van der Waals surface area contributed by atoms with Crippen LogP contribution in [0.15, 0.2) is 36.4 Å². The standard InChI is InChI=1S/2C9H6O6.3Cu/c2*10-7(11)4-2-1-3-5(8(12)13)6(4)9(14)15;;;/h2*1-3H,(H,10,11)(H,12,13)(H,14,15);;;. The zero-order chi connectivity index (χ0) is 23.2. The van der Waals surface area contributed by atoms with Gasteiger partial charge in [-0.1, -0.05) is 12.1 Å². The summed E-state index contributed by atoms with van der Waals surface area (Å²) in [6, 6.07) is 6.52. The fourth-order valence-electron chi connectivity index (χ4n) is 2.28. The van der Waals surface area contributed by atoms with Crippen molar-refractivity contribution in [3.8, 4) is 0 Å². The largest absolute Gasteiger partial charge is 0.478 e. The van der Waals surface area contributed by atoms with Gasteiger partial charge in [0, 0.05) is 51.2 Å². The number of rotatable bonds is 6. The van der Waals surface area contributed by atoms with Crippen LogP contribution in [0.1, 0.15) is 62.1 Å². The Hall–Kier alpha value is -3.18.